The topological polar surface area (TPSA) is 92.8 Å². The zero-order valence-corrected chi connectivity index (χ0v) is 19.5. The molecular formula is C24H30N2O5S. The molecule has 1 aliphatic heterocycles. The van der Waals surface area contributed by atoms with Crippen LogP contribution in [0.4, 0.5) is 0 Å². The van der Waals surface area contributed by atoms with Gasteiger partial charge in [0.1, 0.15) is 0 Å². The SMILES string of the molecule is Cc1ccc(S(=O)(=O)N2CCC(C(=O)O[C@H](C)C(=O)NCc3ccccc3)CC2)cc1C. The van der Waals surface area contributed by atoms with E-state index < -0.39 is 28.0 Å². The van der Waals surface area contributed by atoms with Crippen molar-refractivity contribution in [3.05, 3.63) is 65.2 Å². The van der Waals surface area contributed by atoms with Gasteiger partial charge in [0.05, 0.1) is 10.8 Å². The van der Waals surface area contributed by atoms with Crippen molar-refractivity contribution in [3.8, 4) is 0 Å². The fraction of sp³-hybridized carbons (Fsp3) is 0.417. The first-order valence-corrected chi connectivity index (χ1v) is 12.2. The molecule has 2 aromatic carbocycles. The lowest BCUT2D eigenvalue weighted by Gasteiger charge is -2.30. The van der Waals surface area contributed by atoms with Gasteiger partial charge in [-0.05, 0) is 62.4 Å². The summed E-state index contributed by atoms with van der Waals surface area (Å²) in [7, 11) is -3.60. The van der Waals surface area contributed by atoms with Crippen LogP contribution >= 0.6 is 0 Å². The molecule has 0 bridgehead atoms. The molecule has 1 fully saturated rings. The standard InChI is InChI=1S/C24H30N2O5S/c1-17-9-10-22(15-18(17)2)32(29,30)26-13-11-21(12-14-26)24(28)31-19(3)23(27)25-16-20-7-5-4-6-8-20/h4-10,15,19,21H,11-14,16H2,1-3H3,(H,25,27)/t19-/m1/s1. The number of carbonyl (C=O) groups is 2. The maximum Gasteiger partial charge on any atom is 0.309 e. The highest BCUT2D eigenvalue weighted by molar-refractivity contribution is 7.89. The normalized spacial score (nSPS) is 16.3. The molecule has 8 heteroatoms. The average molecular weight is 459 g/mol. The van der Waals surface area contributed by atoms with E-state index in [1.807, 2.05) is 44.2 Å². The number of carbonyl (C=O) groups excluding carboxylic acids is 2. The summed E-state index contributed by atoms with van der Waals surface area (Å²) in [5.41, 5.74) is 2.91. The molecule has 0 aliphatic carbocycles. The summed E-state index contributed by atoms with van der Waals surface area (Å²) in [5, 5.41) is 2.76. The monoisotopic (exact) mass is 458 g/mol. The average Bonchev–Trinajstić information content (AvgIpc) is 2.79. The first-order valence-electron chi connectivity index (χ1n) is 10.8. The number of aryl methyl sites for hydroxylation is 2. The molecule has 2 aromatic rings. The fourth-order valence-electron chi connectivity index (χ4n) is 3.61. The number of piperidine rings is 1. The predicted molar refractivity (Wildman–Crippen MR) is 121 cm³/mol. The van der Waals surface area contributed by atoms with E-state index in [1.54, 1.807) is 18.2 Å². The van der Waals surface area contributed by atoms with Gasteiger partial charge in [0, 0.05) is 19.6 Å². The van der Waals surface area contributed by atoms with Gasteiger partial charge in [0.25, 0.3) is 5.91 Å². The Morgan fingerprint density at radius 2 is 1.72 bits per heavy atom. The number of hydrogen-bond acceptors (Lipinski definition) is 5. The van der Waals surface area contributed by atoms with Gasteiger partial charge in [-0.15, -0.1) is 0 Å². The first-order chi connectivity index (χ1) is 15.2. The van der Waals surface area contributed by atoms with Crippen molar-refractivity contribution in [2.24, 2.45) is 5.92 Å². The largest absolute Gasteiger partial charge is 0.452 e. The summed E-state index contributed by atoms with van der Waals surface area (Å²) in [6.45, 7) is 6.20. The van der Waals surface area contributed by atoms with Crippen molar-refractivity contribution in [2.75, 3.05) is 13.1 Å². The van der Waals surface area contributed by atoms with Crippen LogP contribution in [0.5, 0.6) is 0 Å². The molecule has 1 saturated heterocycles. The quantitative estimate of drug-likeness (QED) is 0.644. The number of sulfonamides is 1. The summed E-state index contributed by atoms with van der Waals surface area (Å²) >= 11 is 0. The van der Waals surface area contributed by atoms with Crippen LogP contribution in [0.3, 0.4) is 0 Å². The van der Waals surface area contributed by atoms with Crippen molar-refractivity contribution >= 4 is 21.9 Å². The number of hydrogen-bond donors (Lipinski definition) is 1. The molecule has 1 heterocycles. The summed E-state index contributed by atoms with van der Waals surface area (Å²) in [4.78, 5) is 25.0. The van der Waals surface area contributed by atoms with E-state index in [1.165, 1.54) is 11.2 Å². The van der Waals surface area contributed by atoms with Crippen molar-refractivity contribution in [1.82, 2.24) is 9.62 Å². The van der Waals surface area contributed by atoms with Crippen LogP contribution in [0, 0.1) is 19.8 Å². The van der Waals surface area contributed by atoms with E-state index in [0.717, 1.165) is 16.7 Å². The molecule has 1 amide bonds. The number of nitrogens with one attached hydrogen (secondary N) is 1. The summed E-state index contributed by atoms with van der Waals surface area (Å²) < 4.78 is 32.6. The van der Waals surface area contributed by atoms with Crippen LogP contribution in [0.25, 0.3) is 0 Å². The van der Waals surface area contributed by atoms with Crippen LogP contribution in [-0.2, 0) is 30.9 Å². The highest BCUT2D eigenvalue weighted by atomic mass is 32.2. The lowest BCUT2D eigenvalue weighted by molar-refractivity contribution is -0.159. The van der Waals surface area contributed by atoms with Crippen molar-refractivity contribution in [3.63, 3.8) is 0 Å². The maximum absolute atomic E-state index is 12.9. The second kappa shape index (κ2) is 10.3. The second-order valence-electron chi connectivity index (χ2n) is 8.21. The van der Waals surface area contributed by atoms with Crippen LogP contribution < -0.4 is 5.32 Å². The molecule has 1 N–H and O–H groups in total. The minimum Gasteiger partial charge on any atom is -0.452 e. The summed E-state index contributed by atoms with van der Waals surface area (Å²) in [6.07, 6.45) is -0.189. The molecule has 7 nitrogen and oxygen atoms in total. The third-order valence-corrected chi connectivity index (χ3v) is 7.77. The molecule has 0 unspecified atom stereocenters. The van der Waals surface area contributed by atoms with E-state index in [4.69, 9.17) is 4.74 Å². The van der Waals surface area contributed by atoms with E-state index in [9.17, 15) is 18.0 Å². The van der Waals surface area contributed by atoms with E-state index in [-0.39, 0.29) is 23.9 Å². The van der Waals surface area contributed by atoms with Gasteiger partial charge in [0.2, 0.25) is 10.0 Å². The second-order valence-corrected chi connectivity index (χ2v) is 10.1. The Morgan fingerprint density at radius 3 is 2.34 bits per heavy atom. The Kier molecular flexibility index (Phi) is 7.69. The fourth-order valence-corrected chi connectivity index (χ4v) is 5.16. The molecule has 172 valence electrons. The van der Waals surface area contributed by atoms with Gasteiger partial charge in [-0.2, -0.15) is 4.31 Å². The van der Waals surface area contributed by atoms with Gasteiger partial charge in [-0.25, -0.2) is 8.42 Å². The highest BCUT2D eigenvalue weighted by Crippen LogP contribution is 2.26. The van der Waals surface area contributed by atoms with Gasteiger partial charge in [-0.1, -0.05) is 36.4 Å². The van der Waals surface area contributed by atoms with E-state index in [0.29, 0.717) is 19.4 Å². The number of rotatable bonds is 7. The Hall–Kier alpha value is -2.71. The van der Waals surface area contributed by atoms with Crippen molar-refractivity contribution < 1.29 is 22.7 Å². The molecule has 0 radical (unpaired) electrons. The van der Waals surface area contributed by atoms with Crippen LogP contribution in [0.1, 0.15) is 36.5 Å². The first kappa shape index (κ1) is 23.9. The molecular weight excluding hydrogens is 428 g/mol. The summed E-state index contributed by atoms with van der Waals surface area (Å²) in [5.74, 6) is -1.25. The minimum atomic E-state index is -3.60. The number of nitrogens with zero attached hydrogens (tertiary/aromatic N) is 1. The zero-order valence-electron chi connectivity index (χ0n) is 18.7. The molecule has 3 rings (SSSR count). The van der Waals surface area contributed by atoms with Gasteiger partial charge >= 0.3 is 5.97 Å². The Morgan fingerprint density at radius 1 is 1.06 bits per heavy atom. The molecule has 0 saturated carbocycles. The lowest BCUT2D eigenvalue weighted by atomic mass is 9.98. The number of benzene rings is 2. The number of ether oxygens (including phenoxy) is 1. The van der Waals surface area contributed by atoms with Gasteiger partial charge < -0.3 is 10.1 Å². The number of esters is 1. The molecule has 32 heavy (non-hydrogen) atoms. The lowest BCUT2D eigenvalue weighted by Crippen LogP contribution is -2.42. The third kappa shape index (κ3) is 5.75. The smallest absolute Gasteiger partial charge is 0.309 e. The Balaban J connectivity index is 1.50. The van der Waals surface area contributed by atoms with E-state index >= 15 is 0 Å². The predicted octanol–water partition coefficient (Wildman–Crippen LogP) is 2.95. The molecule has 1 aliphatic rings. The van der Waals surface area contributed by atoms with Crippen molar-refractivity contribution in [2.45, 2.75) is 51.2 Å². The van der Waals surface area contributed by atoms with Crippen LogP contribution in [-0.4, -0.2) is 43.8 Å². The van der Waals surface area contributed by atoms with Crippen molar-refractivity contribution in [1.29, 1.82) is 0 Å². The maximum atomic E-state index is 12.9. The third-order valence-electron chi connectivity index (χ3n) is 5.88. The van der Waals surface area contributed by atoms with Crippen LogP contribution in [0.15, 0.2) is 53.4 Å². The molecule has 0 aromatic heterocycles. The molecule has 1 atom stereocenters. The molecule has 0 spiro atoms. The number of amides is 1. The Bertz CT molecular complexity index is 1060. The van der Waals surface area contributed by atoms with E-state index in [2.05, 4.69) is 5.32 Å². The summed E-state index contributed by atoms with van der Waals surface area (Å²) in [6, 6.07) is 14.6. The van der Waals surface area contributed by atoms with Gasteiger partial charge in [-0.3, -0.25) is 9.59 Å². The minimum absolute atomic E-state index is 0.240. The highest BCUT2D eigenvalue weighted by Gasteiger charge is 2.34. The van der Waals surface area contributed by atoms with Gasteiger partial charge in [0.15, 0.2) is 6.10 Å². The Labute approximate surface area is 189 Å². The zero-order chi connectivity index (χ0) is 23.3. The van der Waals surface area contributed by atoms with Crippen LogP contribution in [0.2, 0.25) is 0 Å².